The predicted octanol–water partition coefficient (Wildman–Crippen LogP) is 2.23. The van der Waals surface area contributed by atoms with Gasteiger partial charge in [-0.1, -0.05) is 63.4 Å². The van der Waals surface area contributed by atoms with Gasteiger partial charge in [0.25, 0.3) is 0 Å². The molecule has 1 aromatic rings. The fourth-order valence-corrected chi connectivity index (χ4v) is 4.49. The summed E-state index contributed by atoms with van der Waals surface area (Å²) in [6.45, 7) is 5.02. The monoisotopic (exact) mass is 492 g/mol. The van der Waals surface area contributed by atoms with Gasteiger partial charge in [0.2, 0.25) is 5.91 Å². The molecule has 2 amide bonds. The number of nitrogens with one attached hydrogen (secondary N) is 2. The molecule has 5 N–H and O–H groups in total. The van der Waals surface area contributed by atoms with Crippen LogP contribution in [0.15, 0.2) is 30.3 Å². The fourth-order valence-electron chi connectivity index (χ4n) is 4.49. The van der Waals surface area contributed by atoms with E-state index in [1.54, 1.807) is 5.01 Å². The van der Waals surface area contributed by atoms with Crippen LogP contribution in [0, 0.1) is 11.8 Å². The number of carbonyl (C=O) groups is 2. The second kappa shape index (κ2) is 15.7. The van der Waals surface area contributed by atoms with Crippen LogP contribution >= 0.6 is 0 Å². The van der Waals surface area contributed by atoms with Gasteiger partial charge in [0, 0.05) is 20.2 Å². The molecule has 0 aromatic heterocycles. The minimum atomic E-state index is -0.880. The van der Waals surface area contributed by atoms with Crippen molar-refractivity contribution in [2.75, 3.05) is 33.4 Å². The summed E-state index contributed by atoms with van der Waals surface area (Å²) in [6, 6.07) is 8.30. The Bertz CT molecular complexity index is 743. The lowest BCUT2D eigenvalue weighted by atomic mass is 9.89. The smallest absolute Gasteiger partial charge is 0.407 e. The summed E-state index contributed by atoms with van der Waals surface area (Å²) >= 11 is 0. The normalized spacial score (nSPS) is 17.1. The molecule has 0 saturated heterocycles. The third-order valence-electron chi connectivity index (χ3n) is 6.47. The molecule has 35 heavy (non-hydrogen) atoms. The summed E-state index contributed by atoms with van der Waals surface area (Å²) in [7, 11) is 1.52. The van der Waals surface area contributed by atoms with Gasteiger partial charge < -0.3 is 25.2 Å². The number of carbonyl (C=O) groups excluding carboxylic acids is 2. The van der Waals surface area contributed by atoms with Crippen LogP contribution in [0.2, 0.25) is 0 Å². The number of hydrogen-bond donors (Lipinski definition) is 4. The van der Waals surface area contributed by atoms with Crippen molar-refractivity contribution in [3.05, 3.63) is 35.9 Å². The third kappa shape index (κ3) is 10.9. The van der Waals surface area contributed by atoms with Crippen molar-refractivity contribution in [1.82, 2.24) is 15.6 Å². The molecule has 198 valence electrons. The molecule has 1 fully saturated rings. The van der Waals surface area contributed by atoms with Crippen LogP contribution in [0.4, 0.5) is 4.79 Å². The van der Waals surface area contributed by atoms with Crippen LogP contribution in [0.3, 0.4) is 0 Å². The molecule has 3 unspecified atom stereocenters. The number of alkyl carbamates (subject to hydrolysis) is 1. The molecule has 0 heterocycles. The van der Waals surface area contributed by atoms with Gasteiger partial charge in [-0.15, -0.1) is 0 Å². The number of hydrogen-bond acceptors (Lipinski definition) is 7. The number of benzene rings is 1. The maximum atomic E-state index is 13.2. The SMILES string of the molecule is COCCOC(=O)NC(C(=O)NC(Cc1ccccc1)C(O)CN(N)CC1CCCCC1)C(C)C. The van der Waals surface area contributed by atoms with Crippen molar-refractivity contribution >= 4 is 12.0 Å². The van der Waals surface area contributed by atoms with Crippen LogP contribution in [0.25, 0.3) is 0 Å². The lowest BCUT2D eigenvalue weighted by molar-refractivity contribution is -0.125. The van der Waals surface area contributed by atoms with E-state index in [0.29, 0.717) is 12.3 Å². The Morgan fingerprint density at radius 2 is 1.80 bits per heavy atom. The van der Waals surface area contributed by atoms with Crippen LogP contribution in [-0.4, -0.2) is 73.7 Å². The van der Waals surface area contributed by atoms with Crippen molar-refractivity contribution in [3.8, 4) is 0 Å². The number of nitrogens with zero attached hydrogens (tertiary/aromatic N) is 1. The molecule has 1 aromatic carbocycles. The van der Waals surface area contributed by atoms with E-state index in [0.717, 1.165) is 24.9 Å². The summed E-state index contributed by atoms with van der Waals surface area (Å²) in [4.78, 5) is 25.3. The van der Waals surface area contributed by atoms with Gasteiger partial charge in [-0.05, 0) is 36.7 Å². The Balaban J connectivity index is 2.03. The van der Waals surface area contributed by atoms with E-state index in [-0.39, 0.29) is 31.6 Å². The topological polar surface area (TPSA) is 126 Å². The Morgan fingerprint density at radius 3 is 2.43 bits per heavy atom. The number of hydrazine groups is 1. The highest BCUT2D eigenvalue weighted by molar-refractivity contribution is 5.86. The number of ether oxygens (including phenoxy) is 2. The molecule has 1 aliphatic carbocycles. The number of rotatable bonds is 14. The minimum Gasteiger partial charge on any atom is -0.447 e. The number of methoxy groups -OCH3 is 1. The van der Waals surface area contributed by atoms with Crippen molar-refractivity contribution in [2.24, 2.45) is 17.7 Å². The zero-order valence-corrected chi connectivity index (χ0v) is 21.4. The lowest BCUT2D eigenvalue weighted by Crippen LogP contribution is -2.57. The molecular formula is C26H44N4O5. The van der Waals surface area contributed by atoms with Crippen LogP contribution in [-0.2, 0) is 20.7 Å². The average molecular weight is 493 g/mol. The first-order valence-corrected chi connectivity index (χ1v) is 12.7. The molecule has 0 aliphatic heterocycles. The number of nitrogens with two attached hydrogens (primary N) is 1. The zero-order chi connectivity index (χ0) is 25.6. The van der Waals surface area contributed by atoms with Gasteiger partial charge in [-0.25, -0.2) is 9.80 Å². The lowest BCUT2D eigenvalue weighted by Gasteiger charge is -2.32. The first kappa shape index (κ1) is 29.0. The molecule has 9 heteroatoms. The standard InChI is InChI=1S/C26H44N4O5/c1-19(2)24(29-26(33)35-15-14-34-3)25(32)28-22(16-20-10-6-4-7-11-20)23(31)18-30(27)17-21-12-8-5-9-13-21/h4,6-7,10-11,19,21-24,31H,5,8-9,12-18,27H2,1-3H3,(H,28,32)(H,29,33). The number of amides is 2. The number of aliphatic hydroxyl groups excluding tert-OH is 1. The maximum absolute atomic E-state index is 13.2. The fraction of sp³-hybridized carbons (Fsp3) is 0.692. The number of aliphatic hydroxyl groups is 1. The largest absolute Gasteiger partial charge is 0.447 e. The van der Waals surface area contributed by atoms with Crippen molar-refractivity contribution < 1.29 is 24.2 Å². The predicted molar refractivity (Wildman–Crippen MR) is 135 cm³/mol. The van der Waals surface area contributed by atoms with Crippen LogP contribution in [0.5, 0.6) is 0 Å². The van der Waals surface area contributed by atoms with Crippen LogP contribution < -0.4 is 16.5 Å². The molecule has 0 spiro atoms. The van der Waals surface area contributed by atoms with Gasteiger partial charge in [-0.2, -0.15) is 0 Å². The molecule has 0 bridgehead atoms. The van der Waals surface area contributed by atoms with Crippen LogP contribution in [0.1, 0.15) is 51.5 Å². The first-order chi connectivity index (χ1) is 16.8. The Labute approximate surface area is 209 Å². The minimum absolute atomic E-state index is 0.0947. The zero-order valence-electron chi connectivity index (χ0n) is 21.4. The molecular weight excluding hydrogens is 448 g/mol. The molecule has 1 saturated carbocycles. The molecule has 9 nitrogen and oxygen atoms in total. The Kier molecular flexibility index (Phi) is 13.0. The van der Waals surface area contributed by atoms with Crippen molar-refractivity contribution in [2.45, 2.75) is 70.6 Å². The Morgan fingerprint density at radius 1 is 1.11 bits per heavy atom. The summed E-state index contributed by atoms with van der Waals surface area (Å²) in [5.41, 5.74) is 0.987. The van der Waals surface area contributed by atoms with Gasteiger partial charge in [-0.3, -0.25) is 10.6 Å². The summed E-state index contributed by atoms with van der Waals surface area (Å²) in [6.07, 6.45) is 4.93. The van der Waals surface area contributed by atoms with E-state index in [2.05, 4.69) is 10.6 Å². The maximum Gasteiger partial charge on any atom is 0.407 e. The Hall–Kier alpha value is -2.20. The summed E-state index contributed by atoms with van der Waals surface area (Å²) in [5.74, 6) is 6.26. The van der Waals surface area contributed by atoms with E-state index < -0.39 is 24.3 Å². The second-order valence-electron chi connectivity index (χ2n) is 9.82. The quantitative estimate of drug-likeness (QED) is 0.178. The van der Waals surface area contributed by atoms with E-state index in [1.165, 1.54) is 26.4 Å². The van der Waals surface area contributed by atoms with Gasteiger partial charge in [0.1, 0.15) is 12.6 Å². The van der Waals surface area contributed by atoms with Gasteiger partial charge >= 0.3 is 6.09 Å². The molecule has 2 rings (SSSR count). The first-order valence-electron chi connectivity index (χ1n) is 12.7. The van der Waals surface area contributed by atoms with Gasteiger partial charge in [0.15, 0.2) is 0 Å². The highest BCUT2D eigenvalue weighted by Crippen LogP contribution is 2.24. The van der Waals surface area contributed by atoms with Crippen molar-refractivity contribution in [3.63, 3.8) is 0 Å². The van der Waals surface area contributed by atoms with E-state index in [1.807, 2.05) is 44.2 Å². The third-order valence-corrected chi connectivity index (χ3v) is 6.47. The molecule has 0 radical (unpaired) electrons. The summed E-state index contributed by atoms with van der Waals surface area (Å²) < 4.78 is 9.94. The van der Waals surface area contributed by atoms with E-state index in [4.69, 9.17) is 15.3 Å². The average Bonchev–Trinajstić information content (AvgIpc) is 2.83. The highest BCUT2D eigenvalue weighted by atomic mass is 16.6. The second-order valence-corrected chi connectivity index (χ2v) is 9.82. The highest BCUT2D eigenvalue weighted by Gasteiger charge is 2.30. The molecule has 1 aliphatic rings. The van der Waals surface area contributed by atoms with Crippen molar-refractivity contribution in [1.29, 1.82) is 0 Å². The molecule has 3 atom stereocenters. The summed E-state index contributed by atoms with van der Waals surface area (Å²) in [5, 5.41) is 18.4. The van der Waals surface area contributed by atoms with E-state index in [9.17, 15) is 14.7 Å². The van der Waals surface area contributed by atoms with E-state index >= 15 is 0 Å². The van der Waals surface area contributed by atoms with Gasteiger partial charge in [0.05, 0.1) is 18.8 Å².